The van der Waals surface area contributed by atoms with Crippen LogP contribution in [-0.4, -0.2) is 29.5 Å². The van der Waals surface area contributed by atoms with Crippen LogP contribution in [0.1, 0.15) is 77.6 Å². The Balaban J connectivity index is 0.000000833. The lowest BCUT2D eigenvalue weighted by molar-refractivity contribution is 0.964. The molecule has 1 aliphatic rings. The highest BCUT2D eigenvalue weighted by molar-refractivity contribution is 5.90. The van der Waals surface area contributed by atoms with Crippen LogP contribution in [0.15, 0.2) is 49.6 Å². The summed E-state index contributed by atoms with van der Waals surface area (Å²) in [6, 6.07) is 8.03. The van der Waals surface area contributed by atoms with Crippen molar-refractivity contribution in [2.45, 2.75) is 55.4 Å². The second-order valence-corrected chi connectivity index (χ2v) is 7.73. The monoisotopic (exact) mass is 522 g/mol. The Morgan fingerprint density at radius 2 is 1.13 bits per heavy atom. The Labute approximate surface area is 233 Å². The number of hydrogen-bond donors (Lipinski definition) is 1. The van der Waals surface area contributed by atoms with E-state index in [-0.39, 0.29) is 0 Å². The van der Waals surface area contributed by atoms with Crippen molar-refractivity contribution < 1.29 is 0 Å². The first-order valence-electron chi connectivity index (χ1n) is 13.8. The van der Waals surface area contributed by atoms with Crippen molar-refractivity contribution in [3.63, 3.8) is 0 Å². The van der Waals surface area contributed by atoms with E-state index in [1.165, 1.54) is 0 Å². The minimum absolute atomic E-state index is 0.616. The number of benzene rings is 1. The van der Waals surface area contributed by atoms with Gasteiger partial charge in [-0.3, -0.25) is 0 Å². The molecule has 1 aromatic carbocycles. The van der Waals surface area contributed by atoms with Gasteiger partial charge in [0.25, 0.3) is 0 Å². The Bertz CT molecular complexity index is 1580. The van der Waals surface area contributed by atoms with Gasteiger partial charge in [0.1, 0.15) is 22.6 Å². The summed E-state index contributed by atoms with van der Waals surface area (Å²) in [7, 11) is 1.96. The maximum Gasteiger partial charge on any atom is 0.164 e. The highest BCUT2D eigenvalue weighted by atomic mass is 15.1. The number of nitrogens with zero attached hydrogens (tertiary/aromatic N) is 5. The first-order valence-corrected chi connectivity index (χ1v) is 13.8. The molecule has 0 saturated carbocycles. The van der Waals surface area contributed by atoms with Crippen molar-refractivity contribution in [1.29, 1.82) is 0 Å². The van der Waals surface area contributed by atoms with Gasteiger partial charge in [0, 0.05) is 40.4 Å². The minimum atomic E-state index is 0.616. The lowest BCUT2D eigenvalue weighted by atomic mass is 10.1. The molecule has 5 rings (SSSR count). The van der Waals surface area contributed by atoms with Gasteiger partial charge in [-0.15, -0.1) is 0 Å². The summed E-state index contributed by atoms with van der Waals surface area (Å²) in [5, 5.41) is 0. The fourth-order valence-corrected chi connectivity index (χ4v) is 4.30. The zero-order valence-corrected chi connectivity index (χ0v) is 24.9. The molecule has 6 nitrogen and oxygen atoms in total. The highest BCUT2D eigenvalue weighted by Gasteiger charge is 2.21. The summed E-state index contributed by atoms with van der Waals surface area (Å²) in [5.41, 5.74) is 8.40. The molecule has 0 radical (unpaired) electrons. The zero-order chi connectivity index (χ0) is 29.1. The summed E-state index contributed by atoms with van der Waals surface area (Å²) in [6.45, 7) is 24.1. The van der Waals surface area contributed by atoms with Crippen molar-refractivity contribution in [3.05, 3.63) is 71.8 Å². The Morgan fingerprint density at radius 3 is 1.67 bits per heavy atom. The van der Waals surface area contributed by atoms with E-state index in [0.717, 1.165) is 44.7 Å². The lowest BCUT2D eigenvalue weighted by Crippen LogP contribution is -1.93. The van der Waals surface area contributed by atoms with Gasteiger partial charge in [0.15, 0.2) is 11.6 Å². The largest absolute Gasteiger partial charge is 0.324 e. The number of rotatable bonds is 4. The maximum absolute atomic E-state index is 5.01. The molecule has 0 spiro atoms. The fraction of sp³-hybridized carbons (Fsp3) is 0.273. The third-order valence-electron chi connectivity index (χ3n) is 5.79. The summed E-state index contributed by atoms with van der Waals surface area (Å²) in [5.74, 6) is 1.24. The molecule has 1 aliphatic heterocycles. The molecule has 0 unspecified atom stereocenters. The van der Waals surface area contributed by atoms with E-state index in [1.807, 2.05) is 122 Å². The third kappa shape index (κ3) is 5.75. The van der Waals surface area contributed by atoms with Gasteiger partial charge in [0.2, 0.25) is 0 Å². The number of H-pyrrole nitrogens is 1. The topological polar surface area (TPSA) is 72.3 Å². The first-order chi connectivity index (χ1) is 19.1. The van der Waals surface area contributed by atoms with Crippen LogP contribution in [0.3, 0.4) is 0 Å². The van der Waals surface area contributed by atoms with Gasteiger partial charge in [-0.1, -0.05) is 115 Å². The van der Waals surface area contributed by atoms with E-state index in [1.54, 1.807) is 6.08 Å². The summed E-state index contributed by atoms with van der Waals surface area (Å²) in [4.78, 5) is 23.2. The molecule has 3 aromatic heterocycles. The van der Waals surface area contributed by atoms with E-state index in [0.29, 0.717) is 22.9 Å². The second-order valence-electron chi connectivity index (χ2n) is 7.73. The third-order valence-corrected chi connectivity index (χ3v) is 5.79. The molecular formula is C33H42N6. The molecule has 0 saturated heterocycles. The summed E-state index contributed by atoms with van der Waals surface area (Å²) < 4.78 is 1.98. The molecule has 0 aliphatic carbocycles. The van der Waals surface area contributed by atoms with Crippen molar-refractivity contribution in [3.8, 4) is 22.8 Å². The molecule has 0 atom stereocenters. The minimum Gasteiger partial charge on any atom is -0.324 e. The van der Waals surface area contributed by atoms with Gasteiger partial charge < -0.3 is 9.55 Å². The molecule has 1 N–H and O–H groups in total. The summed E-state index contributed by atoms with van der Waals surface area (Å²) in [6.07, 6.45) is 11.6. The number of fused-ring (bicyclic) bond motifs is 9. The predicted molar refractivity (Wildman–Crippen MR) is 172 cm³/mol. The molecule has 0 fully saturated rings. The van der Waals surface area contributed by atoms with E-state index >= 15 is 0 Å². The molecule has 39 heavy (non-hydrogen) atoms. The van der Waals surface area contributed by atoms with Gasteiger partial charge >= 0.3 is 0 Å². The number of aromatic amines is 1. The van der Waals surface area contributed by atoms with Gasteiger partial charge in [-0.2, -0.15) is 0 Å². The van der Waals surface area contributed by atoms with Gasteiger partial charge in [-0.25, -0.2) is 19.9 Å². The normalized spacial score (nSPS) is 10.7. The lowest BCUT2D eigenvalue weighted by Gasteiger charge is -1.98. The number of nitrogens with one attached hydrogen (secondary N) is 1. The van der Waals surface area contributed by atoms with Crippen molar-refractivity contribution in [1.82, 2.24) is 29.5 Å². The highest BCUT2D eigenvalue weighted by Crippen LogP contribution is 2.35. The molecule has 6 bridgehead atoms. The van der Waals surface area contributed by atoms with E-state index in [2.05, 4.69) is 18.1 Å². The Morgan fingerprint density at radius 1 is 0.641 bits per heavy atom. The van der Waals surface area contributed by atoms with E-state index < -0.39 is 0 Å². The van der Waals surface area contributed by atoms with Crippen LogP contribution in [0.25, 0.3) is 69.7 Å². The average molecular weight is 523 g/mol. The van der Waals surface area contributed by atoms with Gasteiger partial charge in [0.05, 0.1) is 0 Å². The van der Waals surface area contributed by atoms with Crippen molar-refractivity contribution >= 4 is 46.9 Å². The zero-order valence-electron chi connectivity index (χ0n) is 24.9. The number of hydrogen-bond acceptors (Lipinski definition) is 4. The molecule has 4 heterocycles. The van der Waals surface area contributed by atoms with Crippen molar-refractivity contribution in [2.75, 3.05) is 0 Å². The molecule has 6 heteroatoms. The first kappa shape index (κ1) is 30.9. The van der Waals surface area contributed by atoms with Crippen molar-refractivity contribution in [2.24, 2.45) is 7.05 Å². The van der Waals surface area contributed by atoms with E-state index in [4.69, 9.17) is 19.9 Å². The van der Waals surface area contributed by atoms with Crippen LogP contribution in [-0.2, 0) is 7.05 Å². The predicted octanol–water partition coefficient (Wildman–Crippen LogP) is 9.44. The van der Waals surface area contributed by atoms with Crippen LogP contribution >= 0.6 is 0 Å². The van der Waals surface area contributed by atoms with Crippen LogP contribution in [0.5, 0.6) is 0 Å². The van der Waals surface area contributed by atoms with Crippen LogP contribution in [0, 0.1) is 0 Å². The molecular weight excluding hydrogens is 480 g/mol. The smallest absolute Gasteiger partial charge is 0.164 e. The number of allylic oxidation sites excluding steroid dienone is 2. The van der Waals surface area contributed by atoms with Crippen LogP contribution in [0.2, 0.25) is 0 Å². The van der Waals surface area contributed by atoms with Crippen LogP contribution < -0.4 is 0 Å². The molecule has 204 valence electrons. The van der Waals surface area contributed by atoms with Gasteiger partial charge in [-0.05, 0) is 13.8 Å². The average Bonchev–Trinajstić information content (AvgIpc) is 3.58. The SMILES string of the molecule is C=Cc1c(/C=C\C)c2nc3nc(nc4c(/C=C\C)c(C=C)c(nc1[nH]2)n4C)-c1ccccc1-3.CC.CC.CC. The van der Waals surface area contributed by atoms with Crippen LogP contribution in [0.4, 0.5) is 0 Å². The quantitative estimate of drug-likeness (QED) is 0.255. The Hall–Kier alpha value is -4.32. The maximum atomic E-state index is 5.01. The number of aromatic nitrogens is 6. The molecule has 4 aromatic rings. The molecule has 0 amide bonds. The van der Waals surface area contributed by atoms with E-state index in [9.17, 15) is 0 Å². The second kappa shape index (κ2) is 14.6. The summed E-state index contributed by atoms with van der Waals surface area (Å²) >= 11 is 0. The Kier molecular flexibility index (Phi) is 11.5. The number of aryl methyl sites for hydroxylation is 1. The fourth-order valence-electron chi connectivity index (χ4n) is 4.30. The standard InChI is InChI=1S/C27H24N6.3C2H6/c1-6-12-18-16(8-3)22-28-23(18)29-24-19-14-10-11-15-20(19)25(30-24)32-27-21(13-7-2)17(9-4)26(31-22)33(27)5;3*1-2/h6-15H,3-4H2,1-2,5H3,(H,28,29,30,31,32);3*1-2H3/b12-6-,13-7-;;;.